The fourth-order valence-corrected chi connectivity index (χ4v) is 0.227. The van der Waals surface area contributed by atoms with Crippen molar-refractivity contribution < 1.29 is 21.5 Å². The maximum absolute atomic E-state index is 4.58. The molecular weight excluding hydrogens is 120 g/mol. The van der Waals surface area contributed by atoms with E-state index in [9.17, 15) is 0 Å². The topological polar surface area (TPSA) is 13.1 Å². The van der Waals surface area contributed by atoms with Gasteiger partial charge in [-0.2, -0.15) is 0 Å². The van der Waals surface area contributed by atoms with Crippen molar-refractivity contribution >= 4 is 0 Å². The summed E-state index contributed by atoms with van der Waals surface area (Å²) in [6.07, 6.45) is 3.25. The summed E-state index contributed by atoms with van der Waals surface area (Å²) in [5.41, 5.74) is 0. The zero-order valence-electron chi connectivity index (χ0n) is 3.07. The van der Waals surface area contributed by atoms with Crippen molar-refractivity contribution in [2.75, 3.05) is 0 Å². The van der Waals surface area contributed by atoms with E-state index in [1.165, 1.54) is 0 Å². The van der Waals surface area contributed by atoms with Crippen molar-refractivity contribution in [2.45, 2.75) is 0 Å². The first kappa shape index (κ1) is 5.80. The van der Waals surface area contributed by atoms with Crippen molar-refractivity contribution in [1.29, 1.82) is 0 Å². The Morgan fingerprint density at radius 1 is 1.00 bits per heavy atom. The molecule has 0 aromatic carbocycles. The van der Waals surface area contributed by atoms with Gasteiger partial charge in [-0.15, -0.1) is 0 Å². The molecule has 2 heteroatoms. The van der Waals surface area contributed by atoms with Crippen LogP contribution in [0.1, 0.15) is 0 Å². The van der Waals surface area contributed by atoms with Gasteiger partial charge < -0.3 is 4.42 Å². The fourth-order valence-electron chi connectivity index (χ4n) is 0.227. The zero-order chi connectivity index (χ0) is 3.54. The van der Waals surface area contributed by atoms with Gasteiger partial charge in [0.15, 0.2) is 0 Å². The molecule has 0 N–H and O–H groups in total. The van der Waals surface area contributed by atoms with Gasteiger partial charge in [0.1, 0.15) is 0 Å². The van der Waals surface area contributed by atoms with E-state index in [1.54, 1.807) is 12.5 Å². The second-order valence-corrected chi connectivity index (χ2v) is 0.793. The van der Waals surface area contributed by atoms with E-state index in [0.29, 0.717) is 0 Å². The summed E-state index contributed by atoms with van der Waals surface area (Å²) < 4.78 is 4.58. The molecular formula is C4H4FeO+3. The third-order valence-corrected chi connectivity index (χ3v) is 0.425. The van der Waals surface area contributed by atoms with Crippen LogP contribution in [-0.4, -0.2) is 0 Å². The first-order valence-corrected chi connectivity index (χ1v) is 1.47. The van der Waals surface area contributed by atoms with Gasteiger partial charge in [-0.1, -0.05) is 0 Å². The Hall–Kier alpha value is -0.201. The van der Waals surface area contributed by atoms with E-state index in [1.807, 2.05) is 12.1 Å². The summed E-state index contributed by atoms with van der Waals surface area (Å²) in [6.45, 7) is 0. The number of hydrogen-bond donors (Lipinski definition) is 0. The van der Waals surface area contributed by atoms with E-state index in [2.05, 4.69) is 4.42 Å². The van der Waals surface area contributed by atoms with Gasteiger partial charge in [-0.25, -0.2) is 0 Å². The molecule has 1 rings (SSSR count). The molecule has 0 aliphatic carbocycles. The van der Waals surface area contributed by atoms with Crippen molar-refractivity contribution in [3.8, 4) is 0 Å². The molecule has 0 saturated carbocycles. The van der Waals surface area contributed by atoms with Gasteiger partial charge in [0.2, 0.25) is 0 Å². The average Bonchev–Trinajstić information content (AvgIpc) is 1.76. The molecule has 1 heterocycles. The van der Waals surface area contributed by atoms with Crippen LogP contribution >= 0.6 is 0 Å². The Morgan fingerprint density at radius 3 is 1.67 bits per heavy atom. The molecule has 1 aromatic rings. The largest absolute Gasteiger partial charge is 3.00 e. The van der Waals surface area contributed by atoms with Crippen LogP contribution in [0.5, 0.6) is 0 Å². The van der Waals surface area contributed by atoms with Crippen LogP contribution in [0.4, 0.5) is 0 Å². The summed E-state index contributed by atoms with van der Waals surface area (Å²) in [5, 5.41) is 0. The number of rotatable bonds is 0. The van der Waals surface area contributed by atoms with Gasteiger partial charge in [0, 0.05) is 0 Å². The molecule has 1 radical (unpaired) electrons. The Balaban J connectivity index is 0.000000250. The molecule has 0 bridgehead atoms. The van der Waals surface area contributed by atoms with Gasteiger partial charge in [-0.05, 0) is 12.1 Å². The molecule has 0 amide bonds. The third-order valence-electron chi connectivity index (χ3n) is 0.425. The molecule has 0 atom stereocenters. The standard InChI is InChI=1S/C4H4O.Fe/c1-2-4-5-3-1;/h1-4H;/q;+3. The van der Waals surface area contributed by atoms with Crippen LogP contribution in [0, 0.1) is 0 Å². The van der Waals surface area contributed by atoms with Crippen LogP contribution in [0.25, 0.3) is 0 Å². The first-order valence-electron chi connectivity index (χ1n) is 1.47. The normalized spacial score (nSPS) is 6.67. The Morgan fingerprint density at radius 2 is 1.50 bits per heavy atom. The van der Waals surface area contributed by atoms with Crippen LogP contribution in [-0.2, 0) is 17.1 Å². The van der Waals surface area contributed by atoms with E-state index < -0.39 is 0 Å². The van der Waals surface area contributed by atoms with E-state index in [4.69, 9.17) is 0 Å². The number of furan rings is 1. The van der Waals surface area contributed by atoms with Crippen LogP contribution in [0.15, 0.2) is 29.1 Å². The molecule has 0 spiro atoms. The van der Waals surface area contributed by atoms with E-state index >= 15 is 0 Å². The quantitative estimate of drug-likeness (QED) is 0.474. The summed E-state index contributed by atoms with van der Waals surface area (Å²) in [6, 6.07) is 3.67. The fraction of sp³-hybridized carbons (Fsp3) is 0. The van der Waals surface area contributed by atoms with Crippen LogP contribution < -0.4 is 0 Å². The minimum atomic E-state index is 0. The molecule has 0 fully saturated rings. The predicted molar refractivity (Wildman–Crippen MR) is 18.7 cm³/mol. The molecule has 6 heavy (non-hydrogen) atoms. The molecule has 0 saturated heterocycles. The van der Waals surface area contributed by atoms with Crippen LogP contribution in [0.2, 0.25) is 0 Å². The zero-order valence-corrected chi connectivity index (χ0v) is 4.18. The molecule has 0 unspecified atom stereocenters. The summed E-state index contributed by atoms with van der Waals surface area (Å²) in [4.78, 5) is 0. The van der Waals surface area contributed by atoms with Crippen LogP contribution in [0.3, 0.4) is 0 Å². The second kappa shape index (κ2) is 3.01. The molecule has 0 aliphatic rings. The maximum atomic E-state index is 4.58. The maximum Gasteiger partial charge on any atom is 3.00 e. The van der Waals surface area contributed by atoms with Crippen molar-refractivity contribution in [1.82, 2.24) is 0 Å². The van der Waals surface area contributed by atoms with Gasteiger partial charge in [-0.3, -0.25) is 0 Å². The molecule has 31 valence electrons. The summed E-state index contributed by atoms with van der Waals surface area (Å²) in [7, 11) is 0. The predicted octanol–water partition coefficient (Wildman–Crippen LogP) is 1.28. The monoisotopic (exact) mass is 124 g/mol. The van der Waals surface area contributed by atoms with Gasteiger partial charge in [0.25, 0.3) is 0 Å². The molecule has 1 nitrogen and oxygen atoms in total. The Labute approximate surface area is 46.8 Å². The summed E-state index contributed by atoms with van der Waals surface area (Å²) >= 11 is 0. The SMILES string of the molecule is [Fe+3].c1ccoc1. The average molecular weight is 124 g/mol. The smallest absolute Gasteiger partial charge is 0.473 e. The molecule has 1 aromatic heterocycles. The van der Waals surface area contributed by atoms with E-state index in [0.717, 1.165) is 0 Å². The van der Waals surface area contributed by atoms with Gasteiger partial charge in [0.05, 0.1) is 12.5 Å². The van der Waals surface area contributed by atoms with E-state index in [-0.39, 0.29) is 17.1 Å². The van der Waals surface area contributed by atoms with Crippen molar-refractivity contribution in [3.63, 3.8) is 0 Å². The Bertz CT molecular complexity index is 64.0. The Kier molecular flexibility index (Phi) is 2.91. The van der Waals surface area contributed by atoms with Crippen molar-refractivity contribution in [3.05, 3.63) is 24.7 Å². The number of hydrogen-bond acceptors (Lipinski definition) is 1. The first-order chi connectivity index (χ1) is 2.50. The second-order valence-electron chi connectivity index (χ2n) is 0.793. The minimum Gasteiger partial charge on any atom is -0.473 e. The third kappa shape index (κ3) is 1.29. The van der Waals surface area contributed by atoms with Gasteiger partial charge >= 0.3 is 17.1 Å². The summed E-state index contributed by atoms with van der Waals surface area (Å²) in [5.74, 6) is 0. The minimum absolute atomic E-state index is 0. The van der Waals surface area contributed by atoms with Crippen molar-refractivity contribution in [2.24, 2.45) is 0 Å². The molecule has 0 aliphatic heterocycles.